The van der Waals surface area contributed by atoms with Crippen LogP contribution >= 0.6 is 0 Å². The number of anilines is 2. The van der Waals surface area contributed by atoms with Crippen LogP contribution in [-0.4, -0.2) is 58.6 Å². The van der Waals surface area contributed by atoms with Crippen LogP contribution in [0.4, 0.5) is 11.6 Å². The maximum absolute atomic E-state index is 12.6. The van der Waals surface area contributed by atoms with Gasteiger partial charge < -0.3 is 24.8 Å². The summed E-state index contributed by atoms with van der Waals surface area (Å²) in [5, 5.41) is 22.5. The molecule has 2 amide bonds. The molecule has 0 unspecified atom stereocenters. The number of aromatic nitrogens is 4. The first kappa shape index (κ1) is 31.5. The second kappa shape index (κ2) is 16.8. The lowest BCUT2D eigenvalue weighted by atomic mass is 10.1. The molecule has 11 heteroatoms. The molecule has 0 fully saturated rings. The fourth-order valence-corrected chi connectivity index (χ4v) is 4.77. The van der Waals surface area contributed by atoms with Gasteiger partial charge >= 0.3 is 0 Å². The highest BCUT2D eigenvalue weighted by Crippen LogP contribution is 2.17. The Bertz CT molecular complexity index is 1420. The van der Waals surface area contributed by atoms with Gasteiger partial charge in [-0.3, -0.25) is 9.59 Å². The number of ether oxygens (including phenoxy) is 3. The zero-order chi connectivity index (χ0) is 31.1. The number of hydrogen-bond donors (Lipinski definition) is 2. The van der Waals surface area contributed by atoms with E-state index in [2.05, 4.69) is 31.0 Å². The minimum atomic E-state index is -0.174. The number of benzene rings is 2. The van der Waals surface area contributed by atoms with Gasteiger partial charge in [0.1, 0.15) is 11.5 Å². The maximum Gasteiger partial charge on any atom is 0.229 e. The molecule has 0 spiro atoms. The van der Waals surface area contributed by atoms with Crippen LogP contribution in [0, 0.1) is 0 Å². The molecule has 3 aliphatic rings. The lowest BCUT2D eigenvalue weighted by Crippen LogP contribution is -2.16. The molecule has 0 saturated carbocycles. The van der Waals surface area contributed by atoms with E-state index in [1.807, 2.05) is 60.7 Å². The zero-order valence-corrected chi connectivity index (χ0v) is 25.2. The van der Waals surface area contributed by atoms with Crippen molar-refractivity contribution in [2.45, 2.75) is 51.4 Å². The molecule has 0 radical (unpaired) electrons. The fourth-order valence-electron chi connectivity index (χ4n) is 4.77. The van der Waals surface area contributed by atoms with Gasteiger partial charge in [0.05, 0.1) is 37.4 Å². The highest BCUT2D eigenvalue weighted by atomic mass is 16.5. The summed E-state index contributed by atoms with van der Waals surface area (Å²) in [6, 6.07) is 22.4. The van der Waals surface area contributed by atoms with Crippen LogP contribution < -0.4 is 20.1 Å². The van der Waals surface area contributed by atoms with Crippen LogP contribution in [0.1, 0.15) is 48.2 Å². The van der Waals surface area contributed by atoms with Gasteiger partial charge in [-0.25, -0.2) is 0 Å². The predicted octanol–water partition coefficient (Wildman–Crippen LogP) is 4.76. The van der Waals surface area contributed by atoms with E-state index in [-0.39, 0.29) is 24.7 Å². The number of carbonyl (C=O) groups is 2. The number of hydrogen-bond acceptors (Lipinski definition) is 9. The van der Waals surface area contributed by atoms with E-state index >= 15 is 0 Å². The van der Waals surface area contributed by atoms with Crippen molar-refractivity contribution in [1.29, 1.82) is 0 Å². The van der Waals surface area contributed by atoms with Gasteiger partial charge in [0.2, 0.25) is 11.8 Å². The van der Waals surface area contributed by atoms with Crippen molar-refractivity contribution in [3.8, 4) is 11.5 Å². The van der Waals surface area contributed by atoms with Crippen LogP contribution in [0.5, 0.6) is 11.5 Å². The summed E-state index contributed by atoms with van der Waals surface area (Å²) < 4.78 is 17.4. The van der Waals surface area contributed by atoms with Crippen molar-refractivity contribution in [3.63, 3.8) is 0 Å². The summed E-state index contributed by atoms with van der Waals surface area (Å²) >= 11 is 0. The van der Waals surface area contributed by atoms with Crippen LogP contribution in [0.2, 0.25) is 0 Å². The van der Waals surface area contributed by atoms with Crippen LogP contribution in [0.25, 0.3) is 0 Å². The van der Waals surface area contributed by atoms with Crippen LogP contribution in [0.3, 0.4) is 0 Å². The third kappa shape index (κ3) is 11.0. The molecule has 0 atom stereocenters. The number of nitrogens with zero attached hydrogens (tertiary/aromatic N) is 4. The lowest BCUT2D eigenvalue weighted by molar-refractivity contribution is -0.116. The topological polar surface area (TPSA) is 137 Å². The number of aryl methyl sites for hydroxylation is 2. The van der Waals surface area contributed by atoms with Gasteiger partial charge in [0, 0.05) is 26.1 Å². The highest BCUT2D eigenvalue weighted by Gasteiger charge is 2.09. The largest absolute Gasteiger partial charge is 0.493 e. The number of amides is 2. The van der Waals surface area contributed by atoms with Crippen molar-refractivity contribution in [2.24, 2.45) is 0 Å². The van der Waals surface area contributed by atoms with E-state index in [9.17, 15) is 9.59 Å². The molecule has 2 aromatic heterocycles. The normalized spacial score (nSPS) is 16.1. The fraction of sp³-hybridized carbons (Fsp3) is 0.353. The molecule has 7 rings (SSSR count). The first-order valence-electron chi connectivity index (χ1n) is 15.4. The molecule has 234 valence electrons. The summed E-state index contributed by atoms with van der Waals surface area (Å²) in [4.78, 5) is 25.2. The highest BCUT2D eigenvalue weighted by molar-refractivity contribution is 5.91. The molecular formula is C34H38N6O5. The summed E-state index contributed by atoms with van der Waals surface area (Å²) in [6.45, 7) is 2.15. The maximum atomic E-state index is 12.6. The minimum absolute atomic E-state index is 0.174. The Labute approximate surface area is 262 Å². The van der Waals surface area contributed by atoms with Gasteiger partial charge in [0.15, 0.2) is 11.6 Å². The molecule has 4 aromatic rings. The predicted molar refractivity (Wildman–Crippen MR) is 169 cm³/mol. The molecule has 8 bridgehead atoms. The van der Waals surface area contributed by atoms with E-state index in [4.69, 9.17) is 14.2 Å². The Morgan fingerprint density at radius 2 is 1.02 bits per heavy atom. The number of fused-ring (bicyclic) bond motifs is 2. The Balaban J connectivity index is 1.17. The summed E-state index contributed by atoms with van der Waals surface area (Å²) in [5.74, 6) is 1.91. The van der Waals surface area contributed by atoms with Crippen molar-refractivity contribution < 1.29 is 23.8 Å². The Morgan fingerprint density at radius 1 is 0.533 bits per heavy atom. The van der Waals surface area contributed by atoms with Gasteiger partial charge in [-0.15, -0.1) is 10.2 Å². The minimum Gasteiger partial charge on any atom is -0.493 e. The smallest absolute Gasteiger partial charge is 0.229 e. The first-order chi connectivity index (χ1) is 22.1. The molecular weight excluding hydrogens is 572 g/mol. The first-order valence-corrected chi connectivity index (χ1v) is 15.4. The van der Waals surface area contributed by atoms with E-state index in [0.29, 0.717) is 49.6 Å². The molecule has 0 aliphatic carbocycles. The second-order valence-corrected chi connectivity index (χ2v) is 10.8. The Morgan fingerprint density at radius 3 is 1.47 bits per heavy atom. The van der Waals surface area contributed by atoms with Gasteiger partial charge in [-0.1, -0.05) is 24.3 Å². The molecule has 3 aliphatic heterocycles. The summed E-state index contributed by atoms with van der Waals surface area (Å²) in [7, 11) is 0. The average Bonchev–Trinajstić information content (AvgIpc) is 3.04. The molecule has 2 aromatic carbocycles. The van der Waals surface area contributed by atoms with Gasteiger partial charge in [-0.05, 0) is 85.3 Å². The Kier molecular flexibility index (Phi) is 11.8. The third-order valence-corrected chi connectivity index (χ3v) is 7.02. The van der Waals surface area contributed by atoms with Gasteiger partial charge in [0.25, 0.3) is 0 Å². The van der Waals surface area contributed by atoms with E-state index in [1.165, 1.54) is 0 Å². The second-order valence-electron chi connectivity index (χ2n) is 10.8. The summed E-state index contributed by atoms with van der Waals surface area (Å²) in [5.41, 5.74) is 3.40. The number of carbonyl (C=O) groups excluding carboxylic acids is 2. The number of nitrogens with one attached hydrogen (secondary N) is 2. The molecule has 5 heterocycles. The standard InChI is InChI=1S/C34H38N6O5/c41-33-23-25-7-3-11-29(21-25)44-19-5-17-43-18-6-20-45-30-12-4-8-26(22-30)24-34(42)36-32-16-14-28(38-40-32)10-2-1-9-27-13-15-31(35-33)39-37-27/h3-4,7-8,11-16,21-22H,1-2,5-6,9-10,17-20,23-24H2,(H,35,39,41)(H,36,40,42). The quantitative estimate of drug-likeness (QED) is 0.289. The molecule has 45 heavy (non-hydrogen) atoms. The molecule has 11 nitrogen and oxygen atoms in total. The summed E-state index contributed by atoms with van der Waals surface area (Å²) in [6.07, 6.45) is 5.18. The van der Waals surface area contributed by atoms with Crippen molar-refractivity contribution in [3.05, 3.63) is 95.3 Å². The van der Waals surface area contributed by atoms with E-state index < -0.39 is 0 Å². The van der Waals surface area contributed by atoms with E-state index in [1.54, 1.807) is 12.1 Å². The van der Waals surface area contributed by atoms with Crippen molar-refractivity contribution >= 4 is 23.5 Å². The Hall–Kier alpha value is -4.90. The molecule has 0 saturated heterocycles. The van der Waals surface area contributed by atoms with Crippen molar-refractivity contribution in [1.82, 2.24) is 20.4 Å². The lowest BCUT2D eigenvalue weighted by Gasteiger charge is -2.10. The third-order valence-electron chi connectivity index (χ3n) is 7.02. The van der Waals surface area contributed by atoms with Gasteiger partial charge in [-0.2, -0.15) is 10.2 Å². The number of rotatable bonds is 0. The van der Waals surface area contributed by atoms with Crippen molar-refractivity contribution in [2.75, 3.05) is 37.1 Å². The SMILES string of the molecule is O=C1Cc2cccc(c2)OCCCOCCCOc2cccc(c2)CC(=O)Nc2ccc(nn2)CCCCc2ccc(nn2)N1. The van der Waals surface area contributed by atoms with Crippen LogP contribution in [-0.2, 0) is 40.0 Å². The van der Waals surface area contributed by atoms with Crippen LogP contribution in [0.15, 0.2) is 72.8 Å². The monoisotopic (exact) mass is 610 g/mol. The zero-order valence-electron chi connectivity index (χ0n) is 25.2. The van der Waals surface area contributed by atoms with E-state index in [0.717, 1.165) is 61.0 Å². The average molecular weight is 611 g/mol. The molecule has 2 N–H and O–H groups in total.